The number of hydrogen-bond acceptors (Lipinski definition) is 3. The van der Waals surface area contributed by atoms with Crippen LogP contribution in [0.5, 0.6) is 5.75 Å². The molecule has 0 saturated carbocycles. The van der Waals surface area contributed by atoms with Gasteiger partial charge in [0, 0.05) is 23.7 Å². The molecule has 0 spiro atoms. The van der Waals surface area contributed by atoms with Gasteiger partial charge in [-0.1, -0.05) is 18.5 Å². The Morgan fingerprint density at radius 1 is 1.47 bits per heavy atom. The molecule has 96 valence electrons. The molecule has 0 radical (unpaired) electrons. The summed E-state index contributed by atoms with van der Waals surface area (Å²) in [5, 5.41) is 10.3. The molecule has 0 aromatic heterocycles. The second-order valence-corrected chi connectivity index (χ2v) is 4.65. The van der Waals surface area contributed by atoms with Crippen molar-refractivity contribution in [3.8, 4) is 5.75 Å². The molecule has 0 saturated heterocycles. The van der Waals surface area contributed by atoms with E-state index in [4.69, 9.17) is 16.3 Å². The number of aliphatic hydroxyl groups is 1. The summed E-state index contributed by atoms with van der Waals surface area (Å²) in [6.07, 6.45) is 0.474. The van der Waals surface area contributed by atoms with Gasteiger partial charge in [-0.25, -0.2) is 0 Å². The Balaban J connectivity index is 2.69. The van der Waals surface area contributed by atoms with E-state index in [-0.39, 0.29) is 6.10 Å². The zero-order valence-corrected chi connectivity index (χ0v) is 11.4. The molecule has 0 aliphatic carbocycles. The summed E-state index contributed by atoms with van der Waals surface area (Å²) in [6.45, 7) is 3.32. The van der Waals surface area contributed by atoms with Crippen LogP contribution in [0.4, 0.5) is 0 Å². The van der Waals surface area contributed by atoms with Gasteiger partial charge in [-0.05, 0) is 31.7 Å². The lowest BCUT2D eigenvalue weighted by atomic mass is 10.1. The van der Waals surface area contributed by atoms with E-state index in [1.54, 1.807) is 7.11 Å². The molecule has 1 aromatic carbocycles. The quantitative estimate of drug-likeness (QED) is 0.850. The monoisotopic (exact) mass is 257 g/mol. The van der Waals surface area contributed by atoms with Gasteiger partial charge < -0.3 is 9.84 Å². The summed E-state index contributed by atoms with van der Waals surface area (Å²) in [5.41, 5.74) is 1.03. The van der Waals surface area contributed by atoms with E-state index in [0.717, 1.165) is 17.7 Å². The highest BCUT2D eigenvalue weighted by Gasteiger charge is 2.10. The number of aliphatic hydroxyl groups excluding tert-OH is 1. The number of ether oxygens (including phenoxy) is 1. The third kappa shape index (κ3) is 4.54. The van der Waals surface area contributed by atoms with Crippen molar-refractivity contribution in [1.82, 2.24) is 4.90 Å². The summed E-state index contributed by atoms with van der Waals surface area (Å²) < 4.78 is 5.28. The number of methoxy groups -OCH3 is 1. The number of hydrogen-bond donors (Lipinski definition) is 1. The van der Waals surface area contributed by atoms with Crippen molar-refractivity contribution >= 4 is 11.6 Å². The van der Waals surface area contributed by atoms with Crippen molar-refractivity contribution in [2.75, 3.05) is 20.7 Å². The molecular formula is C13H20ClNO2. The van der Waals surface area contributed by atoms with Gasteiger partial charge in [0.05, 0.1) is 13.2 Å². The van der Waals surface area contributed by atoms with Crippen LogP contribution in [-0.2, 0) is 6.54 Å². The minimum atomic E-state index is -0.287. The molecule has 0 bridgehead atoms. The maximum Gasteiger partial charge on any atom is 0.123 e. The maximum atomic E-state index is 9.59. The lowest BCUT2D eigenvalue weighted by molar-refractivity contribution is 0.119. The van der Waals surface area contributed by atoms with Crippen LogP contribution < -0.4 is 4.74 Å². The second-order valence-electron chi connectivity index (χ2n) is 4.21. The van der Waals surface area contributed by atoms with Gasteiger partial charge in [-0.3, -0.25) is 4.90 Å². The molecule has 17 heavy (non-hydrogen) atoms. The first-order valence-electron chi connectivity index (χ1n) is 5.75. The second kappa shape index (κ2) is 6.84. The summed E-state index contributed by atoms with van der Waals surface area (Å²) in [5.74, 6) is 0.826. The van der Waals surface area contributed by atoms with E-state index in [9.17, 15) is 5.11 Å². The molecular weight excluding hydrogens is 238 g/mol. The average molecular weight is 258 g/mol. The Hall–Kier alpha value is -0.770. The highest BCUT2D eigenvalue weighted by Crippen LogP contribution is 2.23. The van der Waals surface area contributed by atoms with E-state index in [1.165, 1.54) is 0 Å². The zero-order valence-electron chi connectivity index (χ0n) is 10.6. The largest absolute Gasteiger partial charge is 0.496 e. The van der Waals surface area contributed by atoms with E-state index >= 15 is 0 Å². The molecule has 0 aliphatic rings. The van der Waals surface area contributed by atoms with E-state index in [1.807, 2.05) is 32.2 Å². The summed E-state index contributed by atoms with van der Waals surface area (Å²) in [6, 6.07) is 5.57. The average Bonchev–Trinajstić information content (AvgIpc) is 2.29. The van der Waals surface area contributed by atoms with Gasteiger partial charge in [0.15, 0.2) is 0 Å². The Bertz CT molecular complexity index is 357. The van der Waals surface area contributed by atoms with E-state index in [2.05, 4.69) is 4.90 Å². The first-order chi connectivity index (χ1) is 8.06. The zero-order chi connectivity index (χ0) is 12.8. The van der Waals surface area contributed by atoms with Crippen LogP contribution in [0.3, 0.4) is 0 Å². The van der Waals surface area contributed by atoms with E-state index < -0.39 is 0 Å². The van der Waals surface area contributed by atoms with Crippen LogP contribution in [0.25, 0.3) is 0 Å². The number of nitrogens with zero attached hydrogens (tertiary/aromatic N) is 1. The lowest BCUT2D eigenvalue weighted by Gasteiger charge is -2.21. The Labute approximate surface area is 108 Å². The first-order valence-corrected chi connectivity index (χ1v) is 6.13. The van der Waals surface area contributed by atoms with Crippen LogP contribution >= 0.6 is 11.6 Å². The van der Waals surface area contributed by atoms with Crippen molar-refractivity contribution in [2.45, 2.75) is 26.0 Å². The van der Waals surface area contributed by atoms with Crippen LogP contribution in [0.1, 0.15) is 18.9 Å². The number of benzene rings is 1. The minimum absolute atomic E-state index is 0.287. The molecule has 0 heterocycles. The van der Waals surface area contributed by atoms with Crippen LogP contribution in [0.15, 0.2) is 18.2 Å². The molecule has 3 nitrogen and oxygen atoms in total. The molecule has 1 unspecified atom stereocenters. The van der Waals surface area contributed by atoms with Crippen molar-refractivity contribution in [2.24, 2.45) is 0 Å². The lowest BCUT2D eigenvalue weighted by Crippen LogP contribution is -2.28. The Morgan fingerprint density at radius 3 is 2.76 bits per heavy atom. The smallest absolute Gasteiger partial charge is 0.123 e. The van der Waals surface area contributed by atoms with Crippen LogP contribution in [0, 0.1) is 0 Å². The van der Waals surface area contributed by atoms with Gasteiger partial charge >= 0.3 is 0 Å². The molecule has 1 N–H and O–H groups in total. The Kier molecular flexibility index (Phi) is 5.75. The molecule has 0 fully saturated rings. The third-order valence-corrected chi connectivity index (χ3v) is 2.91. The van der Waals surface area contributed by atoms with Crippen molar-refractivity contribution in [1.29, 1.82) is 0 Å². The highest BCUT2D eigenvalue weighted by molar-refractivity contribution is 6.30. The number of halogens is 1. The fourth-order valence-corrected chi connectivity index (χ4v) is 1.91. The van der Waals surface area contributed by atoms with Gasteiger partial charge in [0.25, 0.3) is 0 Å². The molecule has 1 atom stereocenters. The van der Waals surface area contributed by atoms with Crippen molar-refractivity contribution in [3.05, 3.63) is 28.8 Å². The normalized spacial score (nSPS) is 12.8. The minimum Gasteiger partial charge on any atom is -0.496 e. The van der Waals surface area contributed by atoms with Crippen LogP contribution in [-0.4, -0.2) is 36.8 Å². The van der Waals surface area contributed by atoms with E-state index in [0.29, 0.717) is 18.1 Å². The predicted octanol–water partition coefficient (Wildman–Crippen LogP) is 2.55. The molecule has 0 aliphatic heterocycles. The topological polar surface area (TPSA) is 32.7 Å². The van der Waals surface area contributed by atoms with Gasteiger partial charge in [-0.2, -0.15) is 0 Å². The fourth-order valence-electron chi connectivity index (χ4n) is 1.71. The van der Waals surface area contributed by atoms with Crippen LogP contribution in [0.2, 0.25) is 5.02 Å². The molecule has 1 rings (SSSR count). The van der Waals surface area contributed by atoms with Gasteiger partial charge in [0.2, 0.25) is 0 Å². The van der Waals surface area contributed by atoms with Crippen molar-refractivity contribution < 1.29 is 9.84 Å². The molecule has 0 amide bonds. The van der Waals surface area contributed by atoms with Gasteiger partial charge in [-0.15, -0.1) is 0 Å². The third-order valence-electron chi connectivity index (χ3n) is 2.68. The maximum absolute atomic E-state index is 9.59. The first kappa shape index (κ1) is 14.3. The summed E-state index contributed by atoms with van der Waals surface area (Å²) >= 11 is 5.97. The summed E-state index contributed by atoms with van der Waals surface area (Å²) in [4.78, 5) is 2.06. The standard InChI is InChI=1S/C13H20ClNO2/c1-4-12(16)9-15(2)8-10-7-11(14)5-6-13(10)17-3/h5-7,12,16H,4,8-9H2,1-3H3. The summed E-state index contributed by atoms with van der Waals surface area (Å²) in [7, 11) is 3.62. The predicted molar refractivity (Wildman–Crippen MR) is 70.6 cm³/mol. The number of rotatable bonds is 6. The highest BCUT2D eigenvalue weighted by atomic mass is 35.5. The SMILES string of the molecule is CCC(O)CN(C)Cc1cc(Cl)ccc1OC. The number of likely N-dealkylation sites (N-methyl/N-ethyl adjacent to an activating group) is 1. The molecule has 1 aromatic rings. The fraction of sp³-hybridized carbons (Fsp3) is 0.538. The van der Waals surface area contributed by atoms with Crippen molar-refractivity contribution in [3.63, 3.8) is 0 Å². The molecule has 4 heteroatoms. The van der Waals surface area contributed by atoms with Gasteiger partial charge in [0.1, 0.15) is 5.75 Å². The Morgan fingerprint density at radius 2 is 2.18 bits per heavy atom.